The van der Waals surface area contributed by atoms with Crippen molar-refractivity contribution in [1.29, 1.82) is 0 Å². The highest BCUT2D eigenvalue weighted by Crippen LogP contribution is 2.17. The van der Waals surface area contributed by atoms with Gasteiger partial charge in [0.15, 0.2) is 0 Å². The van der Waals surface area contributed by atoms with Gasteiger partial charge in [0.2, 0.25) is 0 Å². The molecule has 0 spiro atoms. The molecule has 0 amide bonds. The van der Waals surface area contributed by atoms with Gasteiger partial charge in [0, 0.05) is 6.42 Å². The molecule has 0 aromatic heterocycles. The molecule has 1 aromatic carbocycles. The van der Waals surface area contributed by atoms with E-state index in [4.69, 9.17) is 4.74 Å². The van der Waals surface area contributed by atoms with Gasteiger partial charge in [-0.2, -0.15) is 0 Å². The number of allylic oxidation sites excluding steroid dienone is 1. The van der Waals surface area contributed by atoms with E-state index in [0.717, 1.165) is 11.1 Å². The van der Waals surface area contributed by atoms with Crippen LogP contribution in [0, 0.1) is 0 Å². The predicted molar refractivity (Wildman–Crippen MR) is 61.3 cm³/mol. The Morgan fingerprint density at radius 2 is 1.93 bits per heavy atom. The minimum Gasteiger partial charge on any atom is -0.466 e. The molecule has 1 aromatic rings. The second-order valence-electron chi connectivity index (χ2n) is 3.27. The van der Waals surface area contributed by atoms with E-state index in [0.29, 0.717) is 19.4 Å². The van der Waals surface area contributed by atoms with Gasteiger partial charge >= 0.3 is 5.97 Å². The Morgan fingerprint density at radius 1 is 1.27 bits per heavy atom. The Balaban J connectivity index is 2.40. The molecule has 15 heavy (non-hydrogen) atoms. The molecule has 0 saturated carbocycles. The summed E-state index contributed by atoms with van der Waals surface area (Å²) in [5.41, 5.74) is 2.06. The van der Waals surface area contributed by atoms with E-state index in [2.05, 4.69) is 6.58 Å². The van der Waals surface area contributed by atoms with E-state index in [-0.39, 0.29) is 5.97 Å². The lowest BCUT2D eigenvalue weighted by Crippen LogP contribution is -2.03. The zero-order valence-electron chi connectivity index (χ0n) is 9.03. The molecule has 1 rings (SSSR count). The normalized spacial score (nSPS) is 9.67. The summed E-state index contributed by atoms with van der Waals surface area (Å²) in [7, 11) is 0. The molecule has 0 unspecified atom stereocenters. The maximum Gasteiger partial charge on any atom is 0.306 e. The summed E-state index contributed by atoms with van der Waals surface area (Å²) in [6.07, 6.45) is 1.06. The first-order valence-electron chi connectivity index (χ1n) is 5.13. The second kappa shape index (κ2) is 6.02. The third kappa shape index (κ3) is 3.98. The first-order chi connectivity index (χ1) is 7.24. The van der Waals surface area contributed by atoms with Gasteiger partial charge in [0.05, 0.1) is 6.61 Å². The van der Waals surface area contributed by atoms with Crippen LogP contribution in [0.4, 0.5) is 0 Å². The Bertz CT molecular complexity index is 328. The number of esters is 1. The van der Waals surface area contributed by atoms with Crippen molar-refractivity contribution in [3.8, 4) is 0 Å². The lowest BCUT2D eigenvalue weighted by Gasteiger charge is -2.05. The molecule has 0 bridgehead atoms. The Hall–Kier alpha value is -1.57. The molecule has 0 saturated heterocycles. The molecule has 0 fully saturated rings. The van der Waals surface area contributed by atoms with Gasteiger partial charge in [0.1, 0.15) is 0 Å². The fraction of sp³-hybridized carbons (Fsp3) is 0.308. The van der Waals surface area contributed by atoms with Crippen LogP contribution < -0.4 is 0 Å². The van der Waals surface area contributed by atoms with Crippen LogP contribution in [0.1, 0.15) is 25.3 Å². The Kier molecular flexibility index (Phi) is 4.61. The molecule has 80 valence electrons. The number of hydrogen-bond donors (Lipinski definition) is 0. The predicted octanol–water partition coefficient (Wildman–Crippen LogP) is 3.04. The number of carbonyl (C=O) groups excluding carboxylic acids is 1. The van der Waals surface area contributed by atoms with Gasteiger partial charge in [-0.3, -0.25) is 4.79 Å². The maximum absolute atomic E-state index is 11.1. The first kappa shape index (κ1) is 11.5. The highest BCUT2D eigenvalue weighted by atomic mass is 16.5. The quantitative estimate of drug-likeness (QED) is 0.689. The summed E-state index contributed by atoms with van der Waals surface area (Å²) in [5, 5.41) is 0. The number of benzene rings is 1. The van der Waals surface area contributed by atoms with Crippen molar-refractivity contribution in [3.05, 3.63) is 42.5 Å². The van der Waals surface area contributed by atoms with Crippen molar-refractivity contribution in [2.75, 3.05) is 6.61 Å². The summed E-state index contributed by atoms with van der Waals surface area (Å²) >= 11 is 0. The smallest absolute Gasteiger partial charge is 0.306 e. The first-order valence-corrected chi connectivity index (χ1v) is 5.13. The molecule has 0 radical (unpaired) electrons. The molecule has 0 aliphatic heterocycles. The van der Waals surface area contributed by atoms with Crippen LogP contribution in [-0.2, 0) is 9.53 Å². The van der Waals surface area contributed by atoms with E-state index in [9.17, 15) is 4.79 Å². The third-order valence-corrected chi connectivity index (χ3v) is 2.12. The maximum atomic E-state index is 11.1. The van der Waals surface area contributed by atoms with Crippen molar-refractivity contribution in [2.45, 2.75) is 19.8 Å². The minimum atomic E-state index is -0.158. The number of rotatable bonds is 5. The lowest BCUT2D eigenvalue weighted by atomic mass is 10.0. The molecule has 0 aliphatic rings. The van der Waals surface area contributed by atoms with Crippen molar-refractivity contribution in [1.82, 2.24) is 0 Å². The van der Waals surface area contributed by atoms with Crippen LogP contribution in [0.5, 0.6) is 0 Å². The van der Waals surface area contributed by atoms with Crippen LogP contribution in [-0.4, -0.2) is 12.6 Å². The average Bonchev–Trinajstić information content (AvgIpc) is 2.27. The lowest BCUT2D eigenvalue weighted by molar-refractivity contribution is -0.142. The fourth-order valence-electron chi connectivity index (χ4n) is 1.30. The highest BCUT2D eigenvalue weighted by Gasteiger charge is 2.04. The average molecular weight is 204 g/mol. The van der Waals surface area contributed by atoms with Crippen molar-refractivity contribution >= 4 is 11.5 Å². The van der Waals surface area contributed by atoms with Gasteiger partial charge in [-0.15, -0.1) is 0 Å². The van der Waals surface area contributed by atoms with E-state index >= 15 is 0 Å². The van der Waals surface area contributed by atoms with Crippen molar-refractivity contribution in [2.24, 2.45) is 0 Å². The number of hydrogen-bond acceptors (Lipinski definition) is 2. The molecule has 2 nitrogen and oxygen atoms in total. The highest BCUT2D eigenvalue weighted by molar-refractivity contribution is 5.73. The summed E-state index contributed by atoms with van der Waals surface area (Å²) in [6.45, 7) is 6.20. The zero-order valence-corrected chi connectivity index (χ0v) is 9.03. The molecular weight excluding hydrogens is 188 g/mol. The summed E-state index contributed by atoms with van der Waals surface area (Å²) < 4.78 is 4.85. The van der Waals surface area contributed by atoms with Crippen LogP contribution >= 0.6 is 0 Å². The van der Waals surface area contributed by atoms with Crippen LogP contribution in [0.2, 0.25) is 0 Å². The summed E-state index contributed by atoms with van der Waals surface area (Å²) in [5.74, 6) is -0.158. The molecule has 0 N–H and O–H groups in total. The summed E-state index contributed by atoms with van der Waals surface area (Å²) in [4.78, 5) is 11.1. The topological polar surface area (TPSA) is 26.3 Å². The van der Waals surface area contributed by atoms with E-state index < -0.39 is 0 Å². The van der Waals surface area contributed by atoms with E-state index in [1.165, 1.54) is 0 Å². The van der Waals surface area contributed by atoms with Gasteiger partial charge in [-0.05, 0) is 24.5 Å². The molecule has 0 atom stereocenters. The van der Waals surface area contributed by atoms with Crippen molar-refractivity contribution < 1.29 is 9.53 Å². The van der Waals surface area contributed by atoms with Crippen LogP contribution in [0.25, 0.3) is 5.57 Å². The Labute approximate surface area is 90.6 Å². The minimum absolute atomic E-state index is 0.158. The molecule has 0 heterocycles. The molecular formula is C13H16O2. The number of carbonyl (C=O) groups is 1. The largest absolute Gasteiger partial charge is 0.466 e. The standard InChI is InChI=1S/C13H16O2/c1-3-15-13(14)10-9-11(2)12-7-5-4-6-8-12/h4-8H,2-3,9-10H2,1H3. The van der Waals surface area contributed by atoms with Crippen LogP contribution in [0.3, 0.4) is 0 Å². The van der Waals surface area contributed by atoms with Gasteiger partial charge < -0.3 is 4.74 Å². The monoisotopic (exact) mass is 204 g/mol. The van der Waals surface area contributed by atoms with Crippen LogP contribution in [0.15, 0.2) is 36.9 Å². The van der Waals surface area contributed by atoms with Gasteiger partial charge in [-0.25, -0.2) is 0 Å². The SMILES string of the molecule is C=C(CCC(=O)OCC)c1ccccc1. The zero-order chi connectivity index (χ0) is 11.1. The summed E-state index contributed by atoms with van der Waals surface area (Å²) in [6, 6.07) is 9.87. The van der Waals surface area contributed by atoms with Gasteiger partial charge in [-0.1, -0.05) is 36.9 Å². The molecule has 2 heteroatoms. The number of ether oxygens (including phenoxy) is 1. The third-order valence-electron chi connectivity index (χ3n) is 2.12. The second-order valence-corrected chi connectivity index (χ2v) is 3.27. The van der Waals surface area contributed by atoms with E-state index in [1.807, 2.05) is 37.3 Å². The fourth-order valence-corrected chi connectivity index (χ4v) is 1.30. The van der Waals surface area contributed by atoms with Crippen molar-refractivity contribution in [3.63, 3.8) is 0 Å². The Morgan fingerprint density at radius 3 is 2.53 bits per heavy atom. The van der Waals surface area contributed by atoms with Gasteiger partial charge in [0.25, 0.3) is 0 Å². The molecule has 0 aliphatic carbocycles. The van der Waals surface area contributed by atoms with E-state index in [1.54, 1.807) is 0 Å².